The highest BCUT2D eigenvalue weighted by Gasteiger charge is 2.57. The predicted octanol–water partition coefficient (Wildman–Crippen LogP) is 3.95. The van der Waals surface area contributed by atoms with E-state index in [0.29, 0.717) is 0 Å². The van der Waals surface area contributed by atoms with Gasteiger partial charge in [-0.1, -0.05) is 0 Å². The van der Waals surface area contributed by atoms with E-state index >= 15 is 4.39 Å². The van der Waals surface area contributed by atoms with Gasteiger partial charge in [-0.15, -0.1) is 0 Å². The number of hydrogen-bond acceptors (Lipinski definition) is 4. The lowest BCUT2D eigenvalue weighted by Crippen LogP contribution is -2.50. The van der Waals surface area contributed by atoms with Gasteiger partial charge in [-0.05, 0) is 6.07 Å². The molecule has 2 aliphatic heterocycles. The van der Waals surface area contributed by atoms with Crippen molar-refractivity contribution in [3.63, 3.8) is 0 Å². The lowest BCUT2D eigenvalue weighted by molar-refractivity contribution is -0.254. The molecule has 0 amide bonds. The van der Waals surface area contributed by atoms with Gasteiger partial charge in [0.15, 0.2) is 40.7 Å². The van der Waals surface area contributed by atoms with Crippen LogP contribution in [0.15, 0.2) is 23.5 Å². The Morgan fingerprint density at radius 3 is 1.90 bits per heavy atom. The fraction of sp³-hybridized carbons (Fsp3) is 0.444. The standard InChI is InChI=1S/C18H12F8O4/c19-9-1-8(11(20)15(24)12(9)21)10-13(22)16(25)18(17(26)14(10)23,29-4-6-2-27-6)30-5-7-3-28-7/h1,6-7,16H,2-5H2. The van der Waals surface area contributed by atoms with E-state index in [4.69, 9.17) is 18.9 Å². The largest absolute Gasteiger partial charge is 0.371 e. The first kappa shape index (κ1) is 21.2. The number of rotatable bonds is 7. The van der Waals surface area contributed by atoms with E-state index in [1.54, 1.807) is 0 Å². The maximum absolute atomic E-state index is 15.0. The number of allylic oxidation sites excluding steroid dienone is 2. The lowest BCUT2D eigenvalue weighted by atomic mass is 9.91. The van der Waals surface area contributed by atoms with Gasteiger partial charge in [0.05, 0.1) is 32.0 Å². The molecule has 1 aromatic rings. The van der Waals surface area contributed by atoms with Crippen molar-refractivity contribution in [3.05, 3.63) is 52.4 Å². The summed E-state index contributed by atoms with van der Waals surface area (Å²) >= 11 is 0. The third kappa shape index (κ3) is 3.51. The van der Waals surface area contributed by atoms with E-state index in [9.17, 15) is 30.7 Å². The number of hydrogen-bond donors (Lipinski definition) is 0. The van der Waals surface area contributed by atoms with Gasteiger partial charge in [0.25, 0.3) is 5.79 Å². The van der Waals surface area contributed by atoms with Crippen LogP contribution in [0.2, 0.25) is 0 Å². The first-order chi connectivity index (χ1) is 14.2. The molecule has 0 N–H and O–H groups in total. The van der Waals surface area contributed by atoms with Crippen LogP contribution in [0, 0.1) is 23.3 Å². The van der Waals surface area contributed by atoms with Crippen molar-refractivity contribution in [2.24, 2.45) is 0 Å². The summed E-state index contributed by atoms with van der Waals surface area (Å²) in [6, 6.07) is -0.118. The third-order valence-corrected chi connectivity index (χ3v) is 4.66. The molecule has 0 saturated carbocycles. The Morgan fingerprint density at radius 1 is 0.867 bits per heavy atom. The molecule has 3 aliphatic rings. The number of ether oxygens (including phenoxy) is 4. The van der Waals surface area contributed by atoms with Crippen molar-refractivity contribution in [1.82, 2.24) is 0 Å². The van der Waals surface area contributed by atoms with Crippen LogP contribution >= 0.6 is 0 Å². The molecule has 0 radical (unpaired) electrons. The van der Waals surface area contributed by atoms with Gasteiger partial charge in [-0.3, -0.25) is 0 Å². The van der Waals surface area contributed by atoms with Gasteiger partial charge in [-0.25, -0.2) is 35.1 Å². The summed E-state index contributed by atoms with van der Waals surface area (Å²) in [5.41, 5.74) is -3.31. The highest BCUT2D eigenvalue weighted by molar-refractivity contribution is 5.82. The Kier molecular flexibility index (Phi) is 5.37. The van der Waals surface area contributed by atoms with Crippen LogP contribution in [0.3, 0.4) is 0 Å². The molecular weight excluding hydrogens is 432 g/mol. The SMILES string of the molecule is FC1=C(F)C(OCC2CO2)(OCC2CO2)C(F)C(F)=C1c1cc(F)c(F)c(F)c1F. The van der Waals surface area contributed by atoms with Gasteiger partial charge in [-0.2, -0.15) is 0 Å². The maximum atomic E-state index is 15.0. The molecule has 164 valence electrons. The fourth-order valence-corrected chi connectivity index (χ4v) is 2.85. The average Bonchev–Trinajstić information content (AvgIpc) is 3.63. The zero-order valence-electron chi connectivity index (χ0n) is 14.8. The molecule has 0 aromatic heterocycles. The monoisotopic (exact) mass is 444 g/mol. The molecule has 4 rings (SSSR count). The molecule has 0 bridgehead atoms. The zero-order chi connectivity index (χ0) is 21.8. The van der Waals surface area contributed by atoms with Gasteiger partial charge in [0.2, 0.25) is 6.17 Å². The van der Waals surface area contributed by atoms with Gasteiger partial charge < -0.3 is 18.9 Å². The quantitative estimate of drug-likeness (QED) is 0.210. The molecule has 3 atom stereocenters. The van der Waals surface area contributed by atoms with Crippen molar-refractivity contribution in [2.75, 3.05) is 26.4 Å². The first-order valence-corrected chi connectivity index (χ1v) is 8.61. The zero-order valence-corrected chi connectivity index (χ0v) is 14.8. The van der Waals surface area contributed by atoms with Crippen molar-refractivity contribution in [1.29, 1.82) is 0 Å². The summed E-state index contributed by atoms with van der Waals surface area (Å²) in [4.78, 5) is 0. The molecule has 1 aliphatic carbocycles. The molecule has 0 spiro atoms. The van der Waals surface area contributed by atoms with E-state index in [1.807, 2.05) is 0 Å². The lowest BCUT2D eigenvalue weighted by Gasteiger charge is -2.37. The molecule has 2 heterocycles. The Labute approximate surface area is 163 Å². The highest BCUT2D eigenvalue weighted by Crippen LogP contribution is 2.49. The minimum atomic E-state index is -3.23. The van der Waals surface area contributed by atoms with Crippen LogP contribution in [0.4, 0.5) is 35.1 Å². The van der Waals surface area contributed by atoms with Crippen molar-refractivity contribution in [3.8, 4) is 0 Å². The summed E-state index contributed by atoms with van der Waals surface area (Å²) in [5, 5.41) is 0. The second kappa shape index (κ2) is 7.59. The number of halogens is 8. The average molecular weight is 444 g/mol. The summed E-state index contributed by atoms with van der Waals surface area (Å²) in [6.07, 6.45) is -4.37. The Hall–Kier alpha value is -2.02. The molecule has 2 saturated heterocycles. The number of benzene rings is 1. The minimum Gasteiger partial charge on any atom is -0.371 e. The summed E-state index contributed by atoms with van der Waals surface area (Å²) in [5.74, 6) is -18.7. The van der Waals surface area contributed by atoms with Gasteiger partial charge in [0.1, 0.15) is 12.2 Å². The summed E-state index contributed by atoms with van der Waals surface area (Å²) < 4.78 is 133. The fourth-order valence-electron chi connectivity index (χ4n) is 2.85. The van der Waals surface area contributed by atoms with Crippen molar-refractivity contribution >= 4 is 5.57 Å². The molecule has 30 heavy (non-hydrogen) atoms. The number of epoxide rings is 2. The van der Waals surface area contributed by atoms with E-state index in [1.165, 1.54) is 0 Å². The maximum Gasteiger partial charge on any atom is 0.264 e. The highest BCUT2D eigenvalue weighted by atomic mass is 19.2. The molecular formula is C18H12F8O4. The first-order valence-electron chi connectivity index (χ1n) is 8.61. The van der Waals surface area contributed by atoms with Crippen LogP contribution in [0.1, 0.15) is 5.56 Å². The Bertz CT molecular complexity index is 923. The normalized spacial score (nSPS) is 30.9. The second-order valence-corrected chi connectivity index (χ2v) is 6.76. The molecule has 2 fully saturated rings. The summed E-state index contributed by atoms with van der Waals surface area (Å²) in [6.45, 7) is -0.641. The van der Waals surface area contributed by atoms with E-state index in [-0.39, 0.29) is 19.3 Å². The van der Waals surface area contributed by atoms with E-state index in [0.717, 1.165) is 0 Å². The van der Waals surface area contributed by atoms with Crippen LogP contribution in [-0.2, 0) is 18.9 Å². The molecule has 1 aromatic carbocycles. The second-order valence-electron chi connectivity index (χ2n) is 6.76. The molecule has 12 heteroatoms. The van der Waals surface area contributed by atoms with Crippen LogP contribution in [0.5, 0.6) is 0 Å². The van der Waals surface area contributed by atoms with Crippen LogP contribution in [-0.4, -0.2) is 50.6 Å². The predicted molar refractivity (Wildman–Crippen MR) is 82.6 cm³/mol. The van der Waals surface area contributed by atoms with Gasteiger partial charge in [0, 0.05) is 5.56 Å². The summed E-state index contributed by atoms with van der Waals surface area (Å²) in [7, 11) is 0. The topological polar surface area (TPSA) is 43.5 Å². The van der Waals surface area contributed by atoms with E-state index < -0.39 is 89.3 Å². The van der Waals surface area contributed by atoms with Crippen LogP contribution in [0.25, 0.3) is 5.57 Å². The van der Waals surface area contributed by atoms with Gasteiger partial charge >= 0.3 is 0 Å². The molecule has 3 unspecified atom stereocenters. The Morgan fingerprint density at radius 2 is 1.40 bits per heavy atom. The van der Waals surface area contributed by atoms with Crippen LogP contribution < -0.4 is 0 Å². The third-order valence-electron chi connectivity index (χ3n) is 4.66. The molecule has 4 nitrogen and oxygen atoms in total. The number of alkyl halides is 1. The minimum absolute atomic E-state index is 0.118. The smallest absolute Gasteiger partial charge is 0.264 e. The Balaban J connectivity index is 1.78. The van der Waals surface area contributed by atoms with Crippen molar-refractivity contribution in [2.45, 2.75) is 24.2 Å². The van der Waals surface area contributed by atoms with E-state index in [2.05, 4.69) is 0 Å². The van der Waals surface area contributed by atoms with Crippen molar-refractivity contribution < 1.29 is 54.1 Å².